The first-order valence-electron chi connectivity index (χ1n) is 8.30. The molecule has 1 aliphatic rings. The van der Waals surface area contributed by atoms with E-state index in [1.807, 2.05) is 30.3 Å². The Labute approximate surface area is 164 Å². The number of halogens is 1. The van der Waals surface area contributed by atoms with Gasteiger partial charge in [-0.1, -0.05) is 30.3 Å². The van der Waals surface area contributed by atoms with E-state index in [2.05, 4.69) is 21.0 Å². The SMILES string of the molecule is CCOC(=O)c1nn(-c2ccccc2)c2c1CS(=O)(=O)c1c(Br)cccc1-2. The number of esters is 1. The van der Waals surface area contributed by atoms with Gasteiger partial charge in [0.25, 0.3) is 0 Å². The van der Waals surface area contributed by atoms with E-state index >= 15 is 0 Å². The number of hydrogen-bond acceptors (Lipinski definition) is 5. The number of fused-ring (bicyclic) bond motifs is 3. The monoisotopic (exact) mass is 446 g/mol. The van der Waals surface area contributed by atoms with Gasteiger partial charge in [-0.05, 0) is 41.1 Å². The number of benzene rings is 2. The van der Waals surface area contributed by atoms with E-state index in [4.69, 9.17) is 4.74 Å². The highest BCUT2D eigenvalue weighted by Crippen LogP contribution is 2.43. The number of ether oxygens (including phenoxy) is 1. The zero-order valence-electron chi connectivity index (χ0n) is 14.3. The lowest BCUT2D eigenvalue weighted by molar-refractivity contribution is 0.0518. The molecule has 0 bridgehead atoms. The van der Waals surface area contributed by atoms with E-state index in [9.17, 15) is 13.2 Å². The Morgan fingerprint density at radius 2 is 1.93 bits per heavy atom. The Morgan fingerprint density at radius 3 is 2.63 bits per heavy atom. The van der Waals surface area contributed by atoms with E-state index in [1.54, 1.807) is 29.8 Å². The van der Waals surface area contributed by atoms with Gasteiger partial charge in [-0.3, -0.25) is 0 Å². The second-order valence-corrected chi connectivity index (χ2v) is 8.80. The highest BCUT2D eigenvalue weighted by atomic mass is 79.9. The summed E-state index contributed by atoms with van der Waals surface area (Å²) >= 11 is 3.35. The predicted octanol–water partition coefficient (Wildman–Crippen LogP) is 3.77. The third-order valence-corrected chi connectivity index (χ3v) is 6.97. The van der Waals surface area contributed by atoms with Crippen LogP contribution in [0.4, 0.5) is 0 Å². The largest absolute Gasteiger partial charge is 0.461 e. The van der Waals surface area contributed by atoms with Crippen molar-refractivity contribution < 1.29 is 17.9 Å². The number of carbonyl (C=O) groups is 1. The summed E-state index contributed by atoms with van der Waals surface area (Å²) in [5.74, 6) is -0.934. The van der Waals surface area contributed by atoms with Crippen LogP contribution in [0.3, 0.4) is 0 Å². The minimum absolute atomic E-state index is 0.0323. The number of carbonyl (C=O) groups excluding carboxylic acids is 1. The van der Waals surface area contributed by atoms with Crippen LogP contribution in [0.15, 0.2) is 57.9 Å². The van der Waals surface area contributed by atoms with Crippen molar-refractivity contribution in [3.8, 4) is 16.9 Å². The van der Waals surface area contributed by atoms with Crippen LogP contribution in [0.1, 0.15) is 23.0 Å². The molecule has 27 heavy (non-hydrogen) atoms. The zero-order chi connectivity index (χ0) is 19.2. The number of hydrogen-bond donors (Lipinski definition) is 0. The average Bonchev–Trinajstić information content (AvgIpc) is 3.01. The van der Waals surface area contributed by atoms with Crippen molar-refractivity contribution in [2.24, 2.45) is 0 Å². The molecule has 2 heterocycles. The molecular formula is C19H15BrN2O4S. The molecule has 0 atom stereocenters. The Balaban J connectivity index is 2.08. The van der Waals surface area contributed by atoms with Gasteiger partial charge in [-0.15, -0.1) is 0 Å². The van der Waals surface area contributed by atoms with Crippen molar-refractivity contribution in [2.45, 2.75) is 17.6 Å². The van der Waals surface area contributed by atoms with Crippen LogP contribution in [-0.2, 0) is 20.3 Å². The van der Waals surface area contributed by atoms with E-state index in [0.29, 0.717) is 21.3 Å². The van der Waals surface area contributed by atoms with Crippen molar-refractivity contribution in [1.82, 2.24) is 9.78 Å². The maximum Gasteiger partial charge on any atom is 0.359 e. The average molecular weight is 447 g/mol. The Kier molecular flexibility index (Phi) is 4.39. The van der Waals surface area contributed by atoms with Gasteiger partial charge in [0.1, 0.15) is 0 Å². The minimum atomic E-state index is -3.63. The molecule has 138 valence electrons. The summed E-state index contributed by atoms with van der Waals surface area (Å²) < 4.78 is 33.0. The molecule has 0 saturated carbocycles. The van der Waals surface area contributed by atoms with Gasteiger partial charge in [-0.2, -0.15) is 5.10 Å². The Bertz CT molecular complexity index is 1150. The van der Waals surface area contributed by atoms with E-state index in [-0.39, 0.29) is 22.9 Å². The fraction of sp³-hybridized carbons (Fsp3) is 0.158. The van der Waals surface area contributed by atoms with Crippen LogP contribution in [0.5, 0.6) is 0 Å². The molecule has 1 aliphatic heterocycles. The molecule has 0 aliphatic carbocycles. The molecule has 8 heteroatoms. The third kappa shape index (κ3) is 2.89. The first-order chi connectivity index (χ1) is 12.9. The van der Waals surface area contributed by atoms with Gasteiger partial charge in [0.2, 0.25) is 0 Å². The smallest absolute Gasteiger partial charge is 0.359 e. The van der Waals surface area contributed by atoms with Gasteiger partial charge in [0.05, 0.1) is 28.6 Å². The summed E-state index contributed by atoms with van der Waals surface area (Å²) in [7, 11) is -3.63. The number of rotatable bonds is 3. The summed E-state index contributed by atoms with van der Waals surface area (Å²) in [5, 5.41) is 4.44. The number of nitrogens with zero attached hydrogens (tertiary/aromatic N) is 2. The van der Waals surface area contributed by atoms with Gasteiger partial charge < -0.3 is 4.74 Å². The van der Waals surface area contributed by atoms with Gasteiger partial charge >= 0.3 is 5.97 Å². The van der Waals surface area contributed by atoms with Crippen LogP contribution in [-0.4, -0.2) is 30.8 Å². The molecule has 2 aromatic carbocycles. The standard InChI is InChI=1S/C19H15BrN2O4S/c1-2-26-19(23)16-14-11-27(24,25)18-13(9-6-10-15(18)20)17(14)22(21-16)12-7-4-3-5-8-12/h3-10H,2,11H2,1H3. The summed E-state index contributed by atoms with van der Waals surface area (Å²) in [6.07, 6.45) is 0. The van der Waals surface area contributed by atoms with Crippen LogP contribution in [0.25, 0.3) is 16.9 Å². The summed E-state index contributed by atoms with van der Waals surface area (Å²) in [5.41, 5.74) is 2.23. The van der Waals surface area contributed by atoms with Gasteiger partial charge in [0, 0.05) is 15.6 Å². The number of aromatic nitrogens is 2. The van der Waals surface area contributed by atoms with Crippen molar-refractivity contribution in [2.75, 3.05) is 6.61 Å². The molecule has 1 aromatic heterocycles. The number of sulfone groups is 1. The van der Waals surface area contributed by atoms with E-state index < -0.39 is 15.8 Å². The van der Waals surface area contributed by atoms with Crippen molar-refractivity contribution in [3.05, 3.63) is 64.3 Å². The van der Waals surface area contributed by atoms with Crippen LogP contribution < -0.4 is 0 Å². The molecule has 0 spiro atoms. The quantitative estimate of drug-likeness (QED) is 0.572. The first-order valence-corrected chi connectivity index (χ1v) is 10.7. The van der Waals surface area contributed by atoms with E-state index in [0.717, 1.165) is 5.69 Å². The zero-order valence-corrected chi connectivity index (χ0v) is 16.7. The highest BCUT2D eigenvalue weighted by molar-refractivity contribution is 9.10. The van der Waals surface area contributed by atoms with Crippen molar-refractivity contribution in [1.29, 1.82) is 0 Å². The Morgan fingerprint density at radius 1 is 1.19 bits per heavy atom. The lowest BCUT2D eigenvalue weighted by Gasteiger charge is -2.20. The summed E-state index contributed by atoms with van der Waals surface area (Å²) in [6.45, 7) is 1.88. The first kappa shape index (κ1) is 17.9. The van der Waals surface area contributed by atoms with Crippen molar-refractivity contribution in [3.63, 3.8) is 0 Å². The molecule has 0 fully saturated rings. The summed E-state index contributed by atoms with van der Waals surface area (Å²) in [4.78, 5) is 12.7. The normalized spacial score (nSPS) is 14.3. The lowest BCUT2D eigenvalue weighted by Crippen LogP contribution is -2.16. The molecule has 0 radical (unpaired) electrons. The molecular weight excluding hydrogens is 432 g/mol. The minimum Gasteiger partial charge on any atom is -0.461 e. The van der Waals surface area contributed by atoms with E-state index in [1.165, 1.54) is 0 Å². The molecule has 3 aromatic rings. The maximum absolute atomic E-state index is 12.9. The number of para-hydroxylation sites is 1. The van der Waals surface area contributed by atoms with Crippen LogP contribution >= 0.6 is 15.9 Å². The van der Waals surface area contributed by atoms with Crippen molar-refractivity contribution >= 4 is 31.7 Å². The lowest BCUT2D eigenvalue weighted by atomic mass is 10.1. The predicted molar refractivity (Wildman–Crippen MR) is 104 cm³/mol. The second-order valence-electron chi connectivity index (χ2n) is 6.02. The fourth-order valence-electron chi connectivity index (χ4n) is 3.26. The summed E-state index contributed by atoms with van der Waals surface area (Å²) in [6, 6.07) is 14.5. The third-order valence-electron chi connectivity index (χ3n) is 4.32. The van der Waals surface area contributed by atoms with Gasteiger partial charge in [0.15, 0.2) is 15.5 Å². The fourth-order valence-corrected chi connectivity index (χ4v) is 6.03. The molecule has 0 N–H and O–H groups in total. The molecule has 6 nitrogen and oxygen atoms in total. The topological polar surface area (TPSA) is 78.3 Å². The molecule has 0 saturated heterocycles. The van der Waals surface area contributed by atoms with Crippen LogP contribution in [0, 0.1) is 0 Å². The molecule has 4 rings (SSSR count). The molecule has 0 unspecified atom stereocenters. The maximum atomic E-state index is 12.9. The molecule has 0 amide bonds. The second kappa shape index (κ2) is 6.61. The van der Waals surface area contributed by atoms with Gasteiger partial charge in [-0.25, -0.2) is 17.9 Å². The van der Waals surface area contributed by atoms with Crippen LogP contribution in [0.2, 0.25) is 0 Å². The Hall–Kier alpha value is -2.45. The highest BCUT2D eigenvalue weighted by Gasteiger charge is 2.37.